The molecule has 0 aliphatic carbocycles. The third-order valence-electron chi connectivity index (χ3n) is 4.38. The van der Waals surface area contributed by atoms with Gasteiger partial charge >= 0.3 is 0 Å². The van der Waals surface area contributed by atoms with Gasteiger partial charge in [0.15, 0.2) is 0 Å². The Labute approximate surface area is 146 Å². The Balaban J connectivity index is 1.84. The Morgan fingerprint density at radius 1 is 1.04 bits per heavy atom. The van der Waals surface area contributed by atoms with Crippen LogP contribution >= 0.6 is 0 Å². The van der Waals surface area contributed by atoms with Gasteiger partial charge in [0, 0.05) is 25.5 Å². The van der Waals surface area contributed by atoms with Gasteiger partial charge in [0.25, 0.3) is 0 Å². The normalized spacial score (nSPS) is 14.0. The topological polar surface area (TPSA) is 96.3 Å². The Kier molecular flexibility index (Phi) is 11.7. The predicted octanol–water partition coefficient (Wildman–Crippen LogP) is 2.28. The van der Waals surface area contributed by atoms with Crippen molar-refractivity contribution >= 4 is 0 Å². The third-order valence-corrected chi connectivity index (χ3v) is 4.38. The summed E-state index contributed by atoms with van der Waals surface area (Å²) in [5, 5.41) is 22.0. The van der Waals surface area contributed by atoms with Crippen LogP contribution in [0.1, 0.15) is 70.0 Å². The first kappa shape index (κ1) is 21.1. The highest BCUT2D eigenvalue weighted by Crippen LogP contribution is 2.11. The van der Waals surface area contributed by atoms with Crippen LogP contribution in [0.25, 0.3) is 0 Å². The van der Waals surface area contributed by atoms with Crippen molar-refractivity contribution in [3.05, 3.63) is 18.2 Å². The molecule has 1 rings (SSSR count). The maximum absolute atomic E-state index is 9.93. The summed E-state index contributed by atoms with van der Waals surface area (Å²) in [5.41, 5.74) is 5.30. The second-order valence-electron chi connectivity index (χ2n) is 6.61. The molecule has 0 saturated carbocycles. The number of hydrogen-bond donors (Lipinski definition) is 4. The van der Waals surface area contributed by atoms with E-state index < -0.39 is 12.5 Å². The number of imidazole rings is 1. The zero-order valence-electron chi connectivity index (χ0n) is 15.2. The minimum Gasteiger partial charge on any atom is -0.379 e. The smallest absolute Gasteiger partial charge is 0.105 e. The van der Waals surface area contributed by atoms with E-state index in [0.717, 1.165) is 44.6 Å². The van der Waals surface area contributed by atoms with Crippen LogP contribution in [-0.4, -0.2) is 38.8 Å². The summed E-state index contributed by atoms with van der Waals surface area (Å²) < 4.78 is 2.08. The number of nitrogens with one attached hydrogen (secondary N) is 1. The summed E-state index contributed by atoms with van der Waals surface area (Å²) in [6.07, 6.45) is 13.6. The lowest BCUT2D eigenvalue weighted by Crippen LogP contribution is -2.31. The number of nitrogens with two attached hydrogens (primary N) is 1. The maximum atomic E-state index is 9.93. The molecule has 2 unspecified atom stereocenters. The fraction of sp³-hybridized carbons (Fsp3) is 0.833. The number of aliphatic hydroxyl groups is 2. The Bertz CT molecular complexity index is 409. The van der Waals surface area contributed by atoms with Gasteiger partial charge in [-0.2, -0.15) is 0 Å². The monoisotopic (exact) mass is 340 g/mol. The Hall–Kier alpha value is -0.950. The van der Waals surface area contributed by atoms with Crippen molar-refractivity contribution in [2.24, 2.45) is 5.73 Å². The molecule has 0 aliphatic heterocycles. The SMILES string of the molecule is Cc1nccn1CCNC(O)CCCCCCCCCCC(N)O. The Morgan fingerprint density at radius 2 is 1.62 bits per heavy atom. The van der Waals surface area contributed by atoms with Crippen LogP contribution in [0, 0.1) is 6.92 Å². The number of unbranched alkanes of at least 4 members (excludes halogenated alkanes) is 7. The van der Waals surface area contributed by atoms with Crippen molar-refractivity contribution < 1.29 is 10.2 Å². The molecule has 1 heterocycles. The molecule has 1 aromatic rings. The van der Waals surface area contributed by atoms with Gasteiger partial charge in [0.1, 0.15) is 18.3 Å². The molecule has 6 heteroatoms. The molecule has 0 aliphatic rings. The summed E-state index contributed by atoms with van der Waals surface area (Å²) in [4.78, 5) is 4.18. The van der Waals surface area contributed by atoms with E-state index in [2.05, 4.69) is 14.9 Å². The molecule has 0 radical (unpaired) electrons. The van der Waals surface area contributed by atoms with Gasteiger partial charge in [-0.05, 0) is 32.6 Å². The highest BCUT2D eigenvalue weighted by molar-refractivity contribution is 4.88. The molecule has 0 bridgehead atoms. The zero-order valence-corrected chi connectivity index (χ0v) is 15.2. The van der Waals surface area contributed by atoms with Gasteiger partial charge in [0.05, 0.1) is 0 Å². The third kappa shape index (κ3) is 10.8. The van der Waals surface area contributed by atoms with Gasteiger partial charge in [-0.1, -0.05) is 38.5 Å². The lowest BCUT2D eigenvalue weighted by Gasteiger charge is -2.13. The molecular weight excluding hydrogens is 304 g/mol. The first-order valence-corrected chi connectivity index (χ1v) is 9.42. The number of rotatable bonds is 15. The molecule has 0 aromatic carbocycles. The van der Waals surface area contributed by atoms with Crippen LogP contribution in [0.4, 0.5) is 0 Å². The fourth-order valence-electron chi connectivity index (χ4n) is 2.85. The molecule has 2 atom stereocenters. The van der Waals surface area contributed by atoms with Crippen molar-refractivity contribution in [2.45, 2.75) is 90.1 Å². The van der Waals surface area contributed by atoms with Crippen LogP contribution in [0.3, 0.4) is 0 Å². The van der Waals surface area contributed by atoms with Crippen molar-refractivity contribution in [2.75, 3.05) is 6.54 Å². The van der Waals surface area contributed by atoms with Crippen molar-refractivity contribution in [3.8, 4) is 0 Å². The van der Waals surface area contributed by atoms with Gasteiger partial charge in [-0.15, -0.1) is 0 Å². The molecule has 0 spiro atoms. The quantitative estimate of drug-likeness (QED) is 0.290. The molecule has 140 valence electrons. The molecular formula is C18H36N4O2. The van der Waals surface area contributed by atoms with Crippen LogP contribution in [0.15, 0.2) is 12.4 Å². The van der Waals surface area contributed by atoms with E-state index in [1.54, 1.807) is 6.20 Å². The summed E-state index contributed by atoms with van der Waals surface area (Å²) >= 11 is 0. The molecule has 0 amide bonds. The van der Waals surface area contributed by atoms with Gasteiger partial charge in [0.2, 0.25) is 0 Å². The van der Waals surface area contributed by atoms with E-state index in [9.17, 15) is 5.11 Å². The van der Waals surface area contributed by atoms with Crippen LogP contribution in [-0.2, 0) is 6.54 Å². The summed E-state index contributed by atoms with van der Waals surface area (Å²) in [5.74, 6) is 1.01. The number of nitrogens with zero attached hydrogens (tertiary/aromatic N) is 2. The average Bonchev–Trinajstić information content (AvgIpc) is 2.94. The Morgan fingerprint density at radius 3 is 2.17 bits per heavy atom. The highest BCUT2D eigenvalue weighted by Gasteiger charge is 2.03. The van der Waals surface area contributed by atoms with Crippen LogP contribution in [0.5, 0.6) is 0 Å². The lowest BCUT2D eigenvalue weighted by atomic mass is 10.1. The zero-order chi connectivity index (χ0) is 17.6. The summed E-state index contributed by atoms with van der Waals surface area (Å²) in [7, 11) is 0. The standard InChI is InChI=1S/C18H36N4O2/c1-16-20-12-14-22(16)15-13-21-18(24)11-9-7-5-3-2-4-6-8-10-17(19)23/h12,14,17-18,21,23-24H,2-11,13,15,19H2,1H3. The molecule has 0 fully saturated rings. The summed E-state index contributed by atoms with van der Waals surface area (Å²) in [6.45, 7) is 3.58. The van der Waals surface area contributed by atoms with Gasteiger partial charge in [-0.25, -0.2) is 4.98 Å². The van der Waals surface area contributed by atoms with E-state index >= 15 is 0 Å². The number of aromatic nitrogens is 2. The summed E-state index contributed by atoms with van der Waals surface area (Å²) in [6, 6.07) is 0. The minimum absolute atomic E-state index is 0.406. The van der Waals surface area contributed by atoms with E-state index in [4.69, 9.17) is 10.8 Å². The minimum atomic E-state index is -0.644. The number of aliphatic hydroxyl groups excluding tert-OH is 2. The predicted molar refractivity (Wildman–Crippen MR) is 97.3 cm³/mol. The van der Waals surface area contributed by atoms with E-state index in [1.807, 2.05) is 13.1 Å². The van der Waals surface area contributed by atoms with E-state index in [0.29, 0.717) is 6.42 Å². The first-order chi connectivity index (χ1) is 11.6. The molecule has 6 nitrogen and oxygen atoms in total. The van der Waals surface area contributed by atoms with E-state index in [-0.39, 0.29) is 0 Å². The fourth-order valence-corrected chi connectivity index (χ4v) is 2.85. The number of aryl methyl sites for hydroxylation is 1. The molecule has 1 aromatic heterocycles. The van der Waals surface area contributed by atoms with Crippen molar-refractivity contribution in [1.29, 1.82) is 0 Å². The largest absolute Gasteiger partial charge is 0.379 e. The van der Waals surface area contributed by atoms with Crippen LogP contribution in [0.2, 0.25) is 0 Å². The second-order valence-corrected chi connectivity index (χ2v) is 6.61. The lowest BCUT2D eigenvalue weighted by molar-refractivity contribution is 0.123. The second kappa shape index (κ2) is 13.4. The molecule has 0 saturated heterocycles. The first-order valence-electron chi connectivity index (χ1n) is 9.42. The van der Waals surface area contributed by atoms with E-state index in [1.165, 1.54) is 32.1 Å². The van der Waals surface area contributed by atoms with Gasteiger partial charge < -0.3 is 20.5 Å². The van der Waals surface area contributed by atoms with Crippen molar-refractivity contribution in [1.82, 2.24) is 14.9 Å². The molecule has 5 N–H and O–H groups in total. The average molecular weight is 341 g/mol. The highest BCUT2D eigenvalue weighted by atomic mass is 16.3. The van der Waals surface area contributed by atoms with Gasteiger partial charge in [-0.3, -0.25) is 5.32 Å². The van der Waals surface area contributed by atoms with Crippen LogP contribution < -0.4 is 11.1 Å². The number of hydrogen-bond acceptors (Lipinski definition) is 5. The van der Waals surface area contributed by atoms with Crippen molar-refractivity contribution in [3.63, 3.8) is 0 Å². The molecule has 24 heavy (non-hydrogen) atoms. The maximum Gasteiger partial charge on any atom is 0.105 e.